The van der Waals surface area contributed by atoms with Gasteiger partial charge in [0.25, 0.3) is 0 Å². The molecule has 0 heterocycles. The van der Waals surface area contributed by atoms with Gasteiger partial charge in [0.15, 0.2) is 0 Å². The predicted molar refractivity (Wildman–Crippen MR) is 108 cm³/mol. The molecule has 0 unspecified atom stereocenters. The van der Waals surface area contributed by atoms with Crippen molar-refractivity contribution in [3.05, 3.63) is 29.8 Å². The Hall–Kier alpha value is -2.57. The third-order valence-electron chi connectivity index (χ3n) is 4.47. The van der Waals surface area contributed by atoms with Gasteiger partial charge in [-0.3, -0.25) is 9.59 Å². The standard InChI is InChI=1S/C21H31N3O4/c1-21(2,3)28-20(27)23-14-19(26)24-17-10-8-16(9-11-17)13-22-18(25)12-15-6-4-5-7-15/h8-11,15H,4-7,12-14H2,1-3H3,(H,22,25)(H,23,27)(H,24,26). The van der Waals surface area contributed by atoms with Crippen LogP contribution in [0.3, 0.4) is 0 Å². The average Bonchev–Trinajstić information content (AvgIpc) is 3.11. The second-order valence-corrected chi connectivity index (χ2v) is 8.23. The summed E-state index contributed by atoms with van der Waals surface area (Å²) in [7, 11) is 0. The Kier molecular flexibility index (Phi) is 7.84. The van der Waals surface area contributed by atoms with Crippen LogP contribution in [0.4, 0.5) is 10.5 Å². The summed E-state index contributed by atoms with van der Waals surface area (Å²) in [6, 6.07) is 7.24. The van der Waals surface area contributed by atoms with Crippen molar-refractivity contribution < 1.29 is 19.1 Å². The molecule has 1 aromatic rings. The Morgan fingerprint density at radius 1 is 1.00 bits per heavy atom. The zero-order valence-corrected chi connectivity index (χ0v) is 17.0. The Labute approximate surface area is 166 Å². The van der Waals surface area contributed by atoms with Crippen LogP contribution in [0.1, 0.15) is 58.4 Å². The van der Waals surface area contributed by atoms with Gasteiger partial charge < -0.3 is 20.7 Å². The van der Waals surface area contributed by atoms with Crippen molar-refractivity contribution in [2.24, 2.45) is 5.92 Å². The summed E-state index contributed by atoms with van der Waals surface area (Å²) in [5.41, 5.74) is 0.977. The second kappa shape index (κ2) is 10.1. The van der Waals surface area contributed by atoms with Gasteiger partial charge >= 0.3 is 6.09 Å². The van der Waals surface area contributed by atoms with Crippen LogP contribution in [-0.4, -0.2) is 30.1 Å². The Bertz CT molecular complexity index is 674. The smallest absolute Gasteiger partial charge is 0.408 e. The summed E-state index contributed by atoms with van der Waals surface area (Å²) in [5.74, 6) is 0.285. The molecule has 0 aliphatic heterocycles. The van der Waals surface area contributed by atoms with Crippen molar-refractivity contribution in [2.75, 3.05) is 11.9 Å². The molecule has 7 nitrogen and oxygen atoms in total. The van der Waals surface area contributed by atoms with Gasteiger partial charge in [-0.15, -0.1) is 0 Å². The van der Waals surface area contributed by atoms with E-state index in [9.17, 15) is 14.4 Å². The molecule has 0 saturated heterocycles. The molecule has 3 amide bonds. The Morgan fingerprint density at radius 2 is 1.64 bits per heavy atom. The van der Waals surface area contributed by atoms with Gasteiger partial charge in [0.2, 0.25) is 11.8 Å². The van der Waals surface area contributed by atoms with Gasteiger partial charge in [-0.25, -0.2) is 4.79 Å². The Balaban J connectivity index is 1.69. The first-order chi connectivity index (χ1) is 13.2. The highest BCUT2D eigenvalue weighted by molar-refractivity contribution is 5.93. The number of amides is 3. The summed E-state index contributed by atoms with van der Waals surface area (Å²) in [6.07, 6.45) is 4.76. The molecule has 0 aromatic heterocycles. The van der Waals surface area contributed by atoms with Crippen molar-refractivity contribution in [3.63, 3.8) is 0 Å². The van der Waals surface area contributed by atoms with Crippen LogP contribution in [0.2, 0.25) is 0 Å². The highest BCUT2D eigenvalue weighted by atomic mass is 16.6. The molecule has 7 heteroatoms. The number of rotatable bonds is 7. The number of hydrogen-bond acceptors (Lipinski definition) is 4. The fraction of sp³-hybridized carbons (Fsp3) is 0.571. The molecule has 1 saturated carbocycles. The zero-order chi connectivity index (χ0) is 20.6. The molecular formula is C21H31N3O4. The topological polar surface area (TPSA) is 96.5 Å². The van der Waals surface area contributed by atoms with Crippen LogP contribution in [-0.2, 0) is 20.9 Å². The van der Waals surface area contributed by atoms with Gasteiger partial charge in [-0.1, -0.05) is 25.0 Å². The first kappa shape index (κ1) is 21.7. The van der Waals surface area contributed by atoms with Crippen molar-refractivity contribution in [3.8, 4) is 0 Å². The minimum absolute atomic E-state index is 0.0949. The van der Waals surface area contributed by atoms with Crippen LogP contribution in [0.25, 0.3) is 0 Å². The molecule has 0 radical (unpaired) electrons. The maximum absolute atomic E-state index is 12.0. The summed E-state index contributed by atoms with van der Waals surface area (Å²) in [5, 5.41) is 8.07. The van der Waals surface area contributed by atoms with E-state index in [2.05, 4.69) is 16.0 Å². The lowest BCUT2D eigenvalue weighted by molar-refractivity contribution is -0.122. The fourth-order valence-electron chi connectivity index (χ4n) is 3.13. The highest BCUT2D eigenvalue weighted by Gasteiger charge is 2.18. The number of anilines is 1. The maximum Gasteiger partial charge on any atom is 0.408 e. The lowest BCUT2D eigenvalue weighted by Gasteiger charge is -2.19. The largest absolute Gasteiger partial charge is 0.444 e. The molecule has 2 rings (SSSR count). The number of hydrogen-bond donors (Lipinski definition) is 3. The molecule has 154 valence electrons. The van der Waals surface area contributed by atoms with Crippen molar-refractivity contribution >= 4 is 23.6 Å². The first-order valence-corrected chi connectivity index (χ1v) is 9.83. The molecule has 0 spiro atoms. The molecule has 0 bridgehead atoms. The molecule has 0 atom stereocenters. The van der Waals surface area contributed by atoms with Crippen LogP contribution in [0.15, 0.2) is 24.3 Å². The minimum Gasteiger partial charge on any atom is -0.444 e. The van der Waals surface area contributed by atoms with Crippen LogP contribution in [0.5, 0.6) is 0 Å². The normalized spacial score (nSPS) is 14.4. The summed E-state index contributed by atoms with van der Waals surface area (Å²) in [6.45, 7) is 5.57. The molecule has 1 aromatic carbocycles. The van der Waals surface area contributed by atoms with E-state index in [1.165, 1.54) is 12.8 Å². The van der Waals surface area contributed by atoms with E-state index in [1.54, 1.807) is 32.9 Å². The number of benzene rings is 1. The number of carbonyl (C=O) groups is 3. The van der Waals surface area contributed by atoms with Gasteiger partial charge in [-0.2, -0.15) is 0 Å². The van der Waals surface area contributed by atoms with Crippen molar-refractivity contribution in [1.82, 2.24) is 10.6 Å². The zero-order valence-electron chi connectivity index (χ0n) is 17.0. The molecule has 1 aliphatic carbocycles. The van der Waals surface area contributed by atoms with E-state index in [4.69, 9.17) is 4.74 Å². The highest BCUT2D eigenvalue weighted by Crippen LogP contribution is 2.27. The fourth-order valence-corrected chi connectivity index (χ4v) is 3.13. The minimum atomic E-state index is -0.633. The van der Waals surface area contributed by atoms with E-state index in [1.807, 2.05) is 12.1 Å². The molecule has 3 N–H and O–H groups in total. The monoisotopic (exact) mass is 389 g/mol. The summed E-state index contributed by atoms with van der Waals surface area (Å²) >= 11 is 0. The van der Waals surface area contributed by atoms with Gasteiger partial charge in [-0.05, 0) is 57.2 Å². The first-order valence-electron chi connectivity index (χ1n) is 9.83. The van der Waals surface area contributed by atoms with Gasteiger partial charge in [0.05, 0.1) is 0 Å². The number of nitrogens with one attached hydrogen (secondary N) is 3. The van der Waals surface area contributed by atoms with Crippen molar-refractivity contribution in [1.29, 1.82) is 0 Å². The lowest BCUT2D eigenvalue weighted by atomic mass is 10.0. The predicted octanol–water partition coefficient (Wildman–Crippen LogP) is 3.35. The molecule has 1 aliphatic rings. The van der Waals surface area contributed by atoms with E-state index >= 15 is 0 Å². The summed E-state index contributed by atoms with van der Waals surface area (Å²) < 4.78 is 5.08. The third-order valence-corrected chi connectivity index (χ3v) is 4.47. The maximum atomic E-state index is 12.0. The Morgan fingerprint density at radius 3 is 2.25 bits per heavy atom. The number of alkyl carbamates (subject to hydrolysis) is 1. The molecule has 28 heavy (non-hydrogen) atoms. The number of carbonyl (C=O) groups excluding carboxylic acids is 3. The van der Waals surface area contributed by atoms with E-state index in [-0.39, 0.29) is 18.4 Å². The van der Waals surface area contributed by atoms with Gasteiger partial charge in [0.1, 0.15) is 12.1 Å². The van der Waals surface area contributed by atoms with E-state index in [0.29, 0.717) is 24.6 Å². The molecule has 1 fully saturated rings. The third kappa shape index (κ3) is 8.41. The van der Waals surface area contributed by atoms with Crippen molar-refractivity contribution in [2.45, 2.75) is 65.0 Å². The quantitative estimate of drug-likeness (QED) is 0.666. The number of ether oxygens (including phenoxy) is 1. The average molecular weight is 389 g/mol. The van der Waals surface area contributed by atoms with Crippen LogP contribution < -0.4 is 16.0 Å². The second-order valence-electron chi connectivity index (χ2n) is 8.23. The van der Waals surface area contributed by atoms with Gasteiger partial charge in [0, 0.05) is 18.7 Å². The molecular weight excluding hydrogens is 358 g/mol. The van der Waals surface area contributed by atoms with E-state index < -0.39 is 11.7 Å². The van der Waals surface area contributed by atoms with E-state index in [0.717, 1.165) is 18.4 Å². The summed E-state index contributed by atoms with van der Waals surface area (Å²) in [4.78, 5) is 35.4. The SMILES string of the molecule is CC(C)(C)OC(=O)NCC(=O)Nc1ccc(CNC(=O)CC2CCCC2)cc1. The van der Waals surface area contributed by atoms with Crippen LogP contribution >= 0.6 is 0 Å². The lowest BCUT2D eigenvalue weighted by Crippen LogP contribution is -2.37. The van der Waals surface area contributed by atoms with Crippen LogP contribution in [0, 0.1) is 5.92 Å².